The lowest BCUT2D eigenvalue weighted by molar-refractivity contribution is 0.364. The quantitative estimate of drug-likeness (QED) is 0.827. The normalized spacial score (nSPS) is 18.0. The average molecular weight is 412 g/mol. The number of imidazole rings is 1. The Kier molecular flexibility index (Phi) is 4.42. The molecule has 0 saturated carbocycles. The van der Waals surface area contributed by atoms with Crippen molar-refractivity contribution in [3.8, 4) is 6.07 Å². The van der Waals surface area contributed by atoms with Gasteiger partial charge in [0.15, 0.2) is 0 Å². The first kappa shape index (κ1) is 17.4. The highest BCUT2D eigenvalue weighted by Gasteiger charge is 2.41. The summed E-state index contributed by atoms with van der Waals surface area (Å²) in [5.74, 6) is 0.299. The first-order valence-corrected chi connectivity index (χ1v) is 9.74. The SMILES string of the molecule is CN(C)S(=O)(=O)n1c(C2(C#N)CCNCC2)nc2cc(Br)ccc21. The number of rotatable bonds is 3. The fraction of sp³-hybridized carbons (Fsp3) is 0.467. The van der Waals surface area contributed by atoms with E-state index in [1.54, 1.807) is 18.2 Å². The van der Waals surface area contributed by atoms with Gasteiger partial charge in [-0.25, -0.2) is 8.96 Å². The minimum Gasteiger partial charge on any atom is -0.317 e. The molecule has 9 heteroatoms. The number of piperidine rings is 1. The first-order valence-electron chi connectivity index (χ1n) is 7.55. The summed E-state index contributed by atoms with van der Waals surface area (Å²) in [6.07, 6.45) is 1.05. The van der Waals surface area contributed by atoms with E-state index in [2.05, 4.69) is 32.3 Å². The van der Waals surface area contributed by atoms with Gasteiger partial charge >= 0.3 is 10.2 Å². The lowest BCUT2D eigenvalue weighted by Gasteiger charge is -2.31. The van der Waals surface area contributed by atoms with Gasteiger partial charge in [-0.2, -0.15) is 18.0 Å². The van der Waals surface area contributed by atoms with Crippen molar-refractivity contribution in [2.45, 2.75) is 18.3 Å². The van der Waals surface area contributed by atoms with Gasteiger partial charge in [0.05, 0.1) is 17.1 Å². The van der Waals surface area contributed by atoms with Crippen LogP contribution in [0.25, 0.3) is 11.0 Å². The molecule has 0 amide bonds. The molecule has 1 aliphatic heterocycles. The van der Waals surface area contributed by atoms with Crippen molar-refractivity contribution >= 4 is 37.2 Å². The number of halogens is 1. The molecule has 0 atom stereocenters. The molecule has 7 nitrogen and oxygen atoms in total. The highest BCUT2D eigenvalue weighted by Crippen LogP contribution is 2.36. The van der Waals surface area contributed by atoms with Gasteiger partial charge in [-0.15, -0.1) is 0 Å². The van der Waals surface area contributed by atoms with Gasteiger partial charge in [-0.05, 0) is 44.1 Å². The maximum atomic E-state index is 12.9. The summed E-state index contributed by atoms with van der Waals surface area (Å²) in [5, 5.41) is 13.1. The average Bonchev–Trinajstić information content (AvgIpc) is 2.95. The predicted molar refractivity (Wildman–Crippen MR) is 94.8 cm³/mol. The lowest BCUT2D eigenvalue weighted by Crippen LogP contribution is -2.42. The molecule has 0 unspecified atom stereocenters. The second kappa shape index (κ2) is 6.11. The van der Waals surface area contributed by atoms with Gasteiger partial charge in [0.2, 0.25) is 0 Å². The van der Waals surface area contributed by atoms with Crippen molar-refractivity contribution in [2.24, 2.45) is 0 Å². The number of nitrogens with one attached hydrogen (secondary N) is 1. The Labute approximate surface area is 149 Å². The molecule has 1 aliphatic rings. The second-order valence-corrected chi connectivity index (χ2v) is 8.97. The molecule has 3 rings (SSSR count). The van der Waals surface area contributed by atoms with Gasteiger partial charge in [-0.1, -0.05) is 15.9 Å². The van der Waals surface area contributed by atoms with Crippen LogP contribution in [0.4, 0.5) is 0 Å². The van der Waals surface area contributed by atoms with Crippen LogP contribution in [-0.2, 0) is 15.6 Å². The van der Waals surface area contributed by atoms with Crippen LogP contribution < -0.4 is 5.32 Å². The third kappa shape index (κ3) is 2.63. The van der Waals surface area contributed by atoms with E-state index in [1.165, 1.54) is 18.1 Å². The van der Waals surface area contributed by atoms with Crippen LogP contribution >= 0.6 is 15.9 Å². The Bertz CT molecular complexity index is 923. The van der Waals surface area contributed by atoms with Crippen LogP contribution in [0.5, 0.6) is 0 Å². The fourth-order valence-corrected chi connectivity index (χ4v) is 4.48. The zero-order chi connectivity index (χ0) is 17.5. The molecule has 0 radical (unpaired) electrons. The lowest BCUT2D eigenvalue weighted by atomic mass is 9.80. The number of hydrogen-bond donors (Lipinski definition) is 1. The topological polar surface area (TPSA) is 91.0 Å². The number of nitriles is 1. The third-order valence-corrected chi connectivity index (χ3v) is 6.61. The number of fused-ring (bicyclic) bond motifs is 1. The van der Waals surface area contributed by atoms with Gasteiger partial charge in [-0.3, -0.25) is 0 Å². The number of aromatic nitrogens is 2. The third-order valence-electron chi connectivity index (χ3n) is 4.37. The molecular weight excluding hydrogens is 394 g/mol. The Morgan fingerprint density at radius 1 is 1.38 bits per heavy atom. The minimum atomic E-state index is -3.80. The molecule has 1 aromatic carbocycles. The molecule has 1 aromatic heterocycles. The van der Waals surface area contributed by atoms with Crippen molar-refractivity contribution in [1.29, 1.82) is 5.26 Å². The summed E-state index contributed by atoms with van der Waals surface area (Å²) in [7, 11) is -0.846. The molecule has 0 bridgehead atoms. The van der Waals surface area contributed by atoms with Crippen LogP contribution in [0.1, 0.15) is 18.7 Å². The largest absolute Gasteiger partial charge is 0.317 e. The molecule has 128 valence electrons. The Morgan fingerprint density at radius 3 is 2.62 bits per heavy atom. The van der Waals surface area contributed by atoms with Crippen molar-refractivity contribution < 1.29 is 8.42 Å². The van der Waals surface area contributed by atoms with Crippen molar-refractivity contribution in [1.82, 2.24) is 18.6 Å². The maximum Gasteiger partial charge on any atom is 0.309 e. The number of nitrogens with zero attached hydrogens (tertiary/aromatic N) is 4. The summed E-state index contributed by atoms with van der Waals surface area (Å²) >= 11 is 3.39. The molecule has 2 heterocycles. The van der Waals surface area contributed by atoms with E-state index >= 15 is 0 Å². The van der Waals surface area contributed by atoms with E-state index in [0.717, 1.165) is 8.78 Å². The van der Waals surface area contributed by atoms with Gasteiger partial charge < -0.3 is 5.32 Å². The first-order chi connectivity index (χ1) is 11.3. The monoisotopic (exact) mass is 411 g/mol. The molecule has 2 aromatic rings. The Balaban J connectivity index is 2.37. The van der Waals surface area contributed by atoms with Crippen LogP contribution in [0.15, 0.2) is 22.7 Å². The van der Waals surface area contributed by atoms with Crippen molar-refractivity contribution in [3.63, 3.8) is 0 Å². The molecule has 0 spiro atoms. The molecule has 0 aliphatic carbocycles. The number of benzene rings is 1. The van der Waals surface area contributed by atoms with Gasteiger partial charge in [0.1, 0.15) is 11.2 Å². The summed E-state index contributed by atoms with van der Waals surface area (Å²) in [6, 6.07) is 7.60. The van der Waals surface area contributed by atoms with E-state index < -0.39 is 15.6 Å². The smallest absolute Gasteiger partial charge is 0.309 e. The van der Waals surface area contributed by atoms with E-state index in [0.29, 0.717) is 42.8 Å². The van der Waals surface area contributed by atoms with Crippen LogP contribution in [-0.4, -0.2) is 48.9 Å². The van der Waals surface area contributed by atoms with Crippen molar-refractivity contribution in [2.75, 3.05) is 27.2 Å². The molecule has 1 N–H and O–H groups in total. The predicted octanol–water partition coefficient (Wildman–Crippen LogP) is 1.60. The van der Waals surface area contributed by atoms with Gasteiger partial charge in [0.25, 0.3) is 0 Å². The molecule has 24 heavy (non-hydrogen) atoms. The van der Waals surface area contributed by atoms with E-state index in [4.69, 9.17) is 0 Å². The Morgan fingerprint density at radius 2 is 2.04 bits per heavy atom. The van der Waals surface area contributed by atoms with Crippen LogP contribution in [0.2, 0.25) is 0 Å². The second-order valence-electron chi connectivity index (χ2n) is 6.07. The summed E-state index contributed by atoms with van der Waals surface area (Å²) in [6.45, 7) is 1.31. The van der Waals surface area contributed by atoms with E-state index in [1.807, 2.05) is 0 Å². The zero-order valence-electron chi connectivity index (χ0n) is 13.5. The minimum absolute atomic E-state index is 0.299. The highest BCUT2D eigenvalue weighted by molar-refractivity contribution is 9.10. The standard InChI is InChI=1S/C15H18BrN5O2S/c1-20(2)24(22,23)21-13-4-3-11(16)9-12(13)19-14(21)15(10-17)5-7-18-8-6-15/h3-4,9,18H,5-8H2,1-2H3. The highest BCUT2D eigenvalue weighted by atomic mass is 79.9. The molecular formula is C15H18BrN5O2S. The van der Waals surface area contributed by atoms with Crippen molar-refractivity contribution in [3.05, 3.63) is 28.5 Å². The van der Waals surface area contributed by atoms with Gasteiger partial charge in [0, 0.05) is 18.6 Å². The number of hydrogen-bond acceptors (Lipinski definition) is 5. The summed E-state index contributed by atoms with van der Waals surface area (Å²) in [5.41, 5.74) is 0.118. The fourth-order valence-electron chi connectivity index (χ4n) is 2.97. The molecule has 1 fully saturated rings. The summed E-state index contributed by atoms with van der Waals surface area (Å²) < 4.78 is 29.0. The van der Waals surface area contributed by atoms with E-state index in [-0.39, 0.29) is 0 Å². The Hall–Kier alpha value is -1.47. The summed E-state index contributed by atoms with van der Waals surface area (Å²) in [4.78, 5) is 4.57. The van der Waals surface area contributed by atoms with Crippen LogP contribution in [0, 0.1) is 11.3 Å². The maximum absolute atomic E-state index is 12.9. The van der Waals surface area contributed by atoms with E-state index in [9.17, 15) is 13.7 Å². The zero-order valence-corrected chi connectivity index (χ0v) is 15.9. The van der Waals surface area contributed by atoms with Crippen LogP contribution in [0.3, 0.4) is 0 Å². The molecule has 1 saturated heterocycles.